The molecule has 0 spiro atoms. The van der Waals surface area contributed by atoms with Crippen LogP contribution in [0.5, 0.6) is 0 Å². The summed E-state index contributed by atoms with van der Waals surface area (Å²) in [6.07, 6.45) is 0.308. The number of anilines is 1. The standard InChI is InChI=1S/C26H29N3O4/c30-16-15-27-26(32)29-24-9-5-4-8-23(24)22-12-10-20(11-13-22)18-28-25(31)14-17-33-19-21-6-2-1-3-7-21/h1-13,30H,14-19H2,(H,28,31)(H2,27,29,32). The Bertz CT molecular complexity index is 1020. The van der Waals surface area contributed by atoms with E-state index in [0.717, 1.165) is 22.3 Å². The van der Waals surface area contributed by atoms with Crippen molar-refractivity contribution in [1.29, 1.82) is 0 Å². The molecule has 0 aromatic heterocycles. The van der Waals surface area contributed by atoms with Gasteiger partial charge in [-0.05, 0) is 22.8 Å². The van der Waals surface area contributed by atoms with Gasteiger partial charge in [0, 0.05) is 25.1 Å². The number of para-hydroxylation sites is 1. The molecule has 0 bridgehead atoms. The molecule has 0 saturated heterocycles. The Kier molecular flexibility index (Phi) is 9.45. The topological polar surface area (TPSA) is 99.7 Å². The van der Waals surface area contributed by atoms with Crippen LogP contribution in [-0.4, -0.2) is 36.8 Å². The lowest BCUT2D eigenvalue weighted by Crippen LogP contribution is -2.31. The third kappa shape index (κ3) is 8.07. The second kappa shape index (κ2) is 13.0. The van der Waals surface area contributed by atoms with E-state index in [9.17, 15) is 9.59 Å². The number of urea groups is 1. The van der Waals surface area contributed by atoms with Gasteiger partial charge in [-0.15, -0.1) is 0 Å². The predicted octanol–water partition coefficient (Wildman–Crippen LogP) is 3.69. The molecule has 172 valence electrons. The summed E-state index contributed by atoms with van der Waals surface area (Å²) < 4.78 is 5.56. The van der Waals surface area contributed by atoms with E-state index >= 15 is 0 Å². The van der Waals surface area contributed by atoms with E-state index in [-0.39, 0.29) is 25.1 Å². The molecule has 0 aliphatic heterocycles. The normalized spacial score (nSPS) is 10.5. The summed E-state index contributed by atoms with van der Waals surface area (Å²) in [5, 5.41) is 17.1. The van der Waals surface area contributed by atoms with Crippen LogP contribution < -0.4 is 16.0 Å². The summed E-state index contributed by atoms with van der Waals surface area (Å²) in [6, 6.07) is 24.8. The molecule has 0 atom stereocenters. The van der Waals surface area contributed by atoms with Crippen LogP contribution in [0.15, 0.2) is 78.9 Å². The summed E-state index contributed by atoms with van der Waals surface area (Å²) >= 11 is 0. The summed E-state index contributed by atoms with van der Waals surface area (Å²) in [5.41, 5.74) is 4.55. The number of rotatable bonds is 11. The Balaban J connectivity index is 1.46. The van der Waals surface area contributed by atoms with Crippen LogP contribution in [0.1, 0.15) is 17.5 Å². The minimum Gasteiger partial charge on any atom is -0.395 e. The number of aliphatic hydroxyl groups excluding tert-OH is 1. The van der Waals surface area contributed by atoms with Gasteiger partial charge in [0.2, 0.25) is 5.91 Å². The summed E-state index contributed by atoms with van der Waals surface area (Å²) in [4.78, 5) is 24.0. The minimum absolute atomic E-state index is 0.0597. The highest BCUT2D eigenvalue weighted by Gasteiger charge is 2.08. The molecule has 0 saturated carbocycles. The number of ether oxygens (including phenoxy) is 1. The third-order valence-electron chi connectivity index (χ3n) is 4.91. The van der Waals surface area contributed by atoms with Crippen molar-refractivity contribution in [1.82, 2.24) is 10.6 Å². The van der Waals surface area contributed by atoms with Crippen molar-refractivity contribution in [3.05, 3.63) is 90.0 Å². The van der Waals surface area contributed by atoms with Crippen molar-refractivity contribution < 1.29 is 19.4 Å². The molecule has 3 aromatic rings. The SMILES string of the molecule is O=C(CCOCc1ccccc1)NCc1ccc(-c2ccccc2NC(=O)NCCO)cc1. The fourth-order valence-corrected chi connectivity index (χ4v) is 3.20. The highest BCUT2D eigenvalue weighted by Crippen LogP contribution is 2.28. The molecule has 0 aliphatic rings. The van der Waals surface area contributed by atoms with Crippen LogP contribution in [0.4, 0.5) is 10.5 Å². The zero-order valence-electron chi connectivity index (χ0n) is 18.4. The van der Waals surface area contributed by atoms with Gasteiger partial charge in [-0.3, -0.25) is 4.79 Å². The molecule has 0 radical (unpaired) electrons. The van der Waals surface area contributed by atoms with Crippen molar-refractivity contribution in [2.45, 2.75) is 19.6 Å². The molecule has 0 aliphatic carbocycles. The maximum atomic E-state index is 12.1. The van der Waals surface area contributed by atoms with Crippen LogP contribution >= 0.6 is 0 Å². The van der Waals surface area contributed by atoms with Gasteiger partial charge < -0.3 is 25.8 Å². The van der Waals surface area contributed by atoms with Crippen LogP contribution in [0.3, 0.4) is 0 Å². The number of carbonyl (C=O) groups excluding carboxylic acids is 2. The number of hydrogen-bond acceptors (Lipinski definition) is 4. The largest absolute Gasteiger partial charge is 0.395 e. The van der Waals surface area contributed by atoms with Gasteiger partial charge in [0.1, 0.15) is 0 Å². The van der Waals surface area contributed by atoms with E-state index in [1.54, 1.807) is 0 Å². The molecular weight excluding hydrogens is 418 g/mol. The maximum Gasteiger partial charge on any atom is 0.319 e. The molecule has 3 aromatic carbocycles. The number of aliphatic hydroxyl groups is 1. The smallest absolute Gasteiger partial charge is 0.319 e. The van der Waals surface area contributed by atoms with Gasteiger partial charge in [0.25, 0.3) is 0 Å². The zero-order chi connectivity index (χ0) is 23.3. The van der Waals surface area contributed by atoms with Crippen LogP contribution in [0.25, 0.3) is 11.1 Å². The lowest BCUT2D eigenvalue weighted by Gasteiger charge is -2.12. The minimum atomic E-state index is -0.372. The van der Waals surface area contributed by atoms with E-state index in [1.807, 2.05) is 78.9 Å². The monoisotopic (exact) mass is 447 g/mol. The maximum absolute atomic E-state index is 12.1. The van der Waals surface area contributed by atoms with Crippen molar-refractivity contribution in [2.24, 2.45) is 0 Å². The van der Waals surface area contributed by atoms with Gasteiger partial charge in [0.05, 0.1) is 25.5 Å². The average Bonchev–Trinajstić information content (AvgIpc) is 2.85. The molecular formula is C26H29N3O4. The Morgan fingerprint density at radius 2 is 1.55 bits per heavy atom. The molecule has 4 N–H and O–H groups in total. The number of amides is 3. The van der Waals surface area contributed by atoms with E-state index in [1.165, 1.54) is 0 Å². The third-order valence-corrected chi connectivity index (χ3v) is 4.91. The van der Waals surface area contributed by atoms with Crippen molar-refractivity contribution >= 4 is 17.6 Å². The Hall–Kier alpha value is -3.68. The molecule has 0 heterocycles. The fourth-order valence-electron chi connectivity index (χ4n) is 3.20. The fraction of sp³-hybridized carbons (Fsp3) is 0.231. The van der Waals surface area contributed by atoms with Crippen LogP contribution in [0.2, 0.25) is 0 Å². The molecule has 0 unspecified atom stereocenters. The Labute approximate surface area is 193 Å². The zero-order valence-corrected chi connectivity index (χ0v) is 18.4. The Morgan fingerprint density at radius 3 is 2.30 bits per heavy atom. The summed E-state index contributed by atoms with van der Waals surface area (Å²) in [7, 11) is 0. The predicted molar refractivity (Wildman–Crippen MR) is 129 cm³/mol. The summed E-state index contributed by atoms with van der Waals surface area (Å²) in [5.74, 6) is -0.0597. The first-order valence-corrected chi connectivity index (χ1v) is 10.9. The summed E-state index contributed by atoms with van der Waals surface area (Å²) in [6.45, 7) is 1.37. The van der Waals surface area contributed by atoms with E-state index in [2.05, 4.69) is 16.0 Å². The molecule has 7 heteroatoms. The van der Waals surface area contributed by atoms with Crippen molar-refractivity contribution in [3.8, 4) is 11.1 Å². The quantitative estimate of drug-likeness (QED) is 0.337. The first kappa shape index (κ1) is 24.0. The molecule has 33 heavy (non-hydrogen) atoms. The average molecular weight is 448 g/mol. The van der Waals surface area contributed by atoms with Crippen molar-refractivity contribution in [2.75, 3.05) is 25.1 Å². The van der Waals surface area contributed by atoms with E-state index in [4.69, 9.17) is 9.84 Å². The van der Waals surface area contributed by atoms with Crippen molar-refractivity contribution in [3.63, 3.8) is 0 Å². The van der Waals surface area contributed by atoms with E-state index in [0.29, 0.717) is 31.9 Å². The lowest BCUT2D eigenvalue weighted by molar-refractivity contribution is -0.122. The van der Waals surface area contributed by atoms with Crippen LogP contribution in [0, 0.1) is 0 Å². The lowest BCUT2D eigenvalue weighted by atomic mass is 10.0. The highest BCUT2D eigenvalue weighted by atomic mass is 16.5. The number of hydrogen-bond donors (Lipinski definition) is 4. The second-order valence-electron chi connectivity index (χ2n) is 7.41. The highest BCUT2D eigenvalue weighted by molar-refractivity contribution is 5.94. The first-order valence-electron chi connectivity index (χ1n) is 10.9. The molecule has 7 nitrogen and oxygen atoms in total. The second-order valence-corrected chi connectivity index (χ2v) is 7.41. The molecule has 0 fully saturated rings. The number of nitrogens with one attached hydrogen (secondary N) is 3. The first-order chi connectivity index (χ1) is 16.2. The van der Waals surface area contributed by atoms with Gasteiger partial charge in [-0.25, -0.2) is 4.79 Å². The van der Waals surface area contributed by atoms with Gasteiger partial charge in [-0.1, -0.05) is 72.8 Å². The van der Waals surface area contributed by atoms with Gasteiger partial charge in [-0.2, -0.15) is 0 Å². The van der Waals surface area contributed by atoms with E-state index < -0.39 is 0 Å². The molecule has 3 rings (SSSR count). The number of carbonyl (C=O) groups is 2. The van der Waals surface area contributed by atoms with Crippen LogP contribution in [-0.2, 0) is 22.7 Å². The van der Waals surface area contributed by atoms with Gasteiger partial charge >= 0.3 is 6.03 Å². The number of benzene rings is 3. The van der Waals surface area contributed by atoms with Gasteiger partial charge in [0.15, 0.2) is 0 Å². The molecule has 3 amide bonds. The Morgan fingerprint density at radius 1 is 0.818 bits per heavy atom.